The fraction of sp³-hybridized carbons (Fsp3) is 0.385. The largest absolute Gasteiger partial charge is 0.271 e. The van der Waals surface area contributed by atoms with E-state index < -0.39 is 0 Å². The van der Waals surface area contributed by atoms with Crippen molar-refractivity contribution < 1.29 is 0 Å². The third kappa shape index (κ3) is 3.30. The van der Waals surface area contributed by atoms with E-state index in [0.29, 0.717) is 16.5 Å². The summed E-state index contributed by atoms with van der Waals surface area (Å²) in [5, 5.41) is 9.28. The summed E-state index contributed by atoms with van der Waals surface area (Å²) in [7, 11) is 0. The van der Waals surface area contributed by atoms with Crippen LogP contribution in [-0.4, -0.2) is 15.0 Å². The van der Waals surface area contributed by atoms with Crippen LogP contribution in [0.1, 0.15) is 30.6 Å². The minimum atomic E-state index is -0.144. The van der Waals surface area contributed by atoms with Crippen molar-refractivity contribution in [2.75, 3.05) is 0 Å². The monoisotopic (exact) mass is 313 g/mol. The molecule has 0 radical (unpaired) electrons. The molecule has 1 heterocycles. The predicted molar refractivity (Wildman–Crippen MR) is 80.5 cm³/mol. The molecule has 0 aliphatic rings. The molecular weight excluding hydrogens is 297 g/mol. The maximum atomic E-state index is 6.20. The lowest BCUT2D eigenvalue weighted by molar-refractivity contribution is 0.474. The lowest BCUT2D eigenvalue weighted by Crippen LogP contribution is -2.31. The third-order valence-electron chi connectivity index (χ3n) is 3.11. The summed E-state index contributed by atoms with van der Waals surface area (Å²) >= 11 is 12.4. The number of aryl methyl sites for hydroxylation is 1. The Bertz CT molecular complexity index is 549. The summed E-state index contributed by atoms with van der Waals surface area (Å²) in [6, 6.07) is 5.31. The Morgan fingerprint density at radius 2 is 2.05 bits per heavy atom. The molecule has 0 fully saturated rings. The van der Waals surface area contributed by atoms with Gasteiger partial charge in [0.25, 0.3) is 0 Å². The molecule has 0 saturated carbocycles. The van der Waals surface area contributed by atoms with E-state index in [4.69, 9.17) is 29.0 Å². The van der Waals surface area contributed by atoms with Gasteiger partial charge in [-0.3, -0.25) is 11.3 Å². The topological polar surface area (TPSA) is 68.8 Å². The minimum absolute atomic E-state index is 0.144. The zero-order chi connectivity index (χ0) is 14.5. The van der Waals surface area contributed by atoms with Crippen molar-refractivity contribution in [3.63, 3.8) is 0 Å². The van der Waals surface area contributed by atoms with Gasteiger partial charge in [0.1, 0.15) is 0 Å². The fourth-order valence-electron chi connectivity index (χ4n) is 2.10. The maximum Gasteiger partial charge on any atom is 0.0773 e. The second-order valence-corrected chi connectivity index (χ2v) is 5.32. The minimum Gasteiger partial charge on any atom is -0.271 e. The van der Waals surface area contributed by atoms with Crippen LogP contribution in [0.15, 0.2) is 24.4 Å². The van der Waals surface area contributed by atoms with Gasteiger partial charge in [-0.25, -0.2) is 4.68 Å². The van der Waals surface area contributed by atoms with E-state index in [1.165, 1.54) is 0 Å². The van der Waals surface area contributed by atoms with E-state index >= 15 is 0 Å². The first kappa shape index (κ1) is 15.3. The number of benzene rings is 1. The molecule has 0 saturated heterocycles. The average molecular weight is 314 g/mol. The molecule has 0 aliphatic carbocycles. The highest BCUT2D eigenvalue weighted by molar-refractivity contribution is 6.36. The normalized spacial score (nSPS) is 12.6. The molecule has 2 rings (SSSR count). The second-order valence-electron chi connectivity index (χ2n) is 4.51. The van der Waals surface area contributed by atoms with E-state index in [9.17, 15) is 0 Å². The van der Waals surface area contributed by atoms with Crippen molar-refractivity contribution >= 4 is 23.2 Å². The molecule has 0 aliphatic heterocycles. The Morgan fingerprint density at radius 1 is 1.35 bits per heavy atom. The van der Waals surface area contributed by atoms with Crippen LogP contribution >= 0.6 is 23.2 Å². The predicted octanol–water partition coefficient (Wildman–Crippen LogP) is 2.74. The SMILES string of the molecule is CCCn1nncc1C(Cc1c(Cl)cccc1Cl)NN. The highest BCUT2D eigenvalue weighted by Gasteiger charge is 2.19. The van der Waals surface area contributed by atoms with Crippen molar-refractivity contribution in [3.8, 4) is 0 Å². The molecule has 3 N–H and O–H groups in total. The highest BCUT2D eigenvalue weighted by atomic mass is 35.5. The summed E-state index contributed by atoms with van der Waals surface area (Å²) in [5.74, 6) is 5.67. The van der Waals surface area contributed by atoms with Gasteiger partial charge in [-0.2, -0.15) is 0 Å². The van der Waals surface area contributed by atoms with E-state index in [2.05, 4.69) is 22.7 Å². The number of nitrogens with two attached hydrogens (primary N) is 1. The Kier molecular flexibility index (Phi) is 5.37. The first-order valence-corrected chi connectivity index (χ1v) is 7.20. The number of hydrogen-bond donors (Lipinski definition) is 2. The molecule has 1 aromatic carbocycles. The summed E-state index contributed by atoms with van der Waals surface area (Å²) in [4.78, 5) is 0. The lowest BCUT2D eigenvalue weighted by Gasteiger charge is -2.18. The first-order chi connectivity index (χ1) is 9.67. The van der Waals surface area contributed by atoms with Crippen LogP contribution < -0.4 is 11.3 Å². The van der Waals surface area contributed by atoms with Crippen molar-refractivity contribution in [3.05, 3.63) is 45.7 Å². The summed E-state index contributed by atoms with van der Waals surface area (Å²) in [6.45, 7) is 2.88. The molecular formula is C13H17Cl2N5. The van der Waals surface area contributed by atoms with Crippen molar-refractivity contribution in [1.29, 1.82) is 0 Å². The maximum absolute atomic E-state index is 6.20. The van der Waals surface area contributed by atoms with Gasteiger partial charge >= 0.3 is 0 Å². The molecule has 0 bridgehead atoms. The Morgan fingerprint density at radius 3 is 2.65 bits per heavy atom. The van der Waals surface area contributed by atoms with Gasteiger partial charge in [0.2, 0.25) is 0 Å². The first-order valence-electron chi connectivity index (χ1n) is 6.44. The van der Waals surface area contributed by atoms with Gasteiger partial charge in [-0.05, 0) is 30.5 Å². The van der Waals surface area contributed by atoms with Gasteiger partial charge in [-0.1, -0.05) is 41.4 Å². The number of halogens is 2. The summed E-state index contributed by atoms with van der Waals surface area (Å²) in [6.07, 6.45) is 3.26. The van der Waals surface area contributed by atoms with Gasteiger partial charge in [0.05, 0.1) is 17.9 Å². The van der Waals surface area contributed by atoms with E-state index in [0.717, 1.165) is 24.2 Å². The van der Waals surface area contributed by atoms with Crippen LogP contribution in [0.2, 0.25) is 10.0 Å². The Hall–Kier alpha value is -1.14. The average Bonchev–Trinajstić information content (AvgIpc) is 2.87. The molecule has 0 amide bonds. The number of hydrazine groups is 1. The van der Waals surface area contributed by atoms with Crippen LogP contribution in [0.4, 0.5) is 0 Å². The quantitative estimate of drug-likeness (QED) is 0.635. The molecule has 1 atom stereocenters. The fourth-order valence-corrected chi connectivity index (χ4v) is 2.65. The van der Waals surface area contributed by atoms with Crippen molar-refractivity contribution in [2.24, 2.45) is 5.84 Å². The van der Waals surface area contributed by atoms with Crippen LogP contribution in [0.3, 0.4) is 0 Å². The lowest BCUT2D eigenvalue weighted by atomic mass is 10.0. The van der Waals surface area contributed by atoms with E-state index in [1.54, 1.807) is 6.20 Å². The van der Waals surface area contributed by atoms with Crippen LogP contribution in [0.5, 0.6) is 0 Å². The number of rotatable bonds is 6. The number of aromatic nitrogens is 3. The number of nitrogens with zero attached hydrogens (tertiary/aromatic N) is 3. The smallest absolute Gasteiger partial charge is 0.0773 e. The standard InChI is InChI=1S/C13H17Cl2N5/c1-2-6-20-13(8-17-19-20)12(18-16)7-9-10(14)4-3-5-11(9)15/h3-5,8,12,18H,2,6-7,16H2,1H3. The molecule has 1 aromatic heterocycles. The molecule has 5 nitrogen and oxygen atoms in total. The number of nitrogens with one attached hydrogen (secondary N) is 1. The zero-order valence-electron chi connectivity index (χ0n) is 11.2. The van der Waals surface area contributed by atoms with Gasteiger partial charge in [-0.15, -0.1) is 5.10 Å². The Labute approximate surface area is 128 Å². The molecule has 2 aromatic rings. The van der Waals surface area contributed by atoms with Crippen molar-refractivity contribution in [1.82, 2.24) is 20.4 Å². The van der Waals surface area contributed by atoms with Crippen LogP contribution in [0.25, 0.3) is 0 Å². The summed E-state index contributed by atoms with van der Waals surface area (Å²) < 4.78 is 1.84. The summed E-state index contributed by atoms with van der Waals surface area (Å²) in [5.41, 5.74) is 4.57. The van der Waals surface area contributed by atoms with Gasteiger partial charge in [0.15, 0.2) is 0 Å². The van der Waals surface area contributed by atoms with Gasteiger partial charge in [0, 0.05) is 16.6 Å². The zero-order valence-corrected chi connectivity index (χ0v) is 12.7. The molecule has 108 valence electrons. The second kappa shape index (κ2) is 7.04. The highest BCUT2D eigenvalue weighted by Crippen LogP contribution is 2.28. The van der Waals surface area contributed by atoms with E-state index in [-0.39, 0.29) is 6.04 Å². The van der Waals surface area contributed by atoms with Crippen LogP contribution in [-0.2, 0) is 13.0 Å². The van der Waals surface area contributed by atoms with Crippen molar-refractivity contribution in [2.45, 2.75) is 32.4 Å². The molecule has 7 heteroatoms. The molecule has 1 unspecified atom stereocenters. The molecule has 0 spiro atoms. The Balaban J connectivity index is 2.27. The molecule has 20 heavy (non-hydrogen) atoms. The van der Waals surface area contributed by atoms with Gasteiger partial charge < -0.3 is 0 Å². The van der Waals surface area contributed by atoms with Crippen LogP contribution in [0, 0.1) is 0 Å². The number of hydrogen-bond acceptors (Lipinski definition) is 4. The van der Waals surface area contributed by atoms with E-state index in [1.807, 2.05) is 22.9 Å². The third-order valence-corrected chi connectivity index (χ3v) is 3.82.